The fourth-order valence-electron chi connectivity index (χ4n) is 3.30. The molecule has 1 aliphatic rings. The van der Waals surface area contributed by atoms with E-state index in [1.54, 1.807) is 7.11 Å². The van der Waals surface area contributed by atoms with E-state index in [1.807, 2.05) is 0 Å². The molecule has 1 fully saturated rings. The number of hydrogen-bond acceptors (Lipinski definition) is 3. The van der Waals surface area contributed by atoms with E-state index in [0.29, 0.717) is 24.2 Å². The smallest absolute Gasteiger partial charge is 0.0784 e. The maximum Gasteiger partial charge on any atom is 0.0784 e. The van der Waals surface area contributed by atoms with Crippen molar-refractivity contribution in [3.8, 4) is 0 Å². The Morgan fingerprint density at radius 2 is 1.94 bits per heavy atom. The summed E-state index contributed by atoms with van der Waals surface area (Å²) in [4.78, 5) is 0. The second kappa shape index (κ2) is 7.46. The number of hydrogen-bond donors (Lipinski definition) is 1. The molecule has 0 amide bonds. The van der Waals surface area contributed by atoms with Gasteiger partial charge < -0.3 is 14.8 Å². The summed E-state index contributed by atoms with van der Waals surface area (Å²) in [6.45, 7) is 10.7. The lowest BCUT2D eigenvalue weighted by Gasteiger charge is -2.56. The average molecular weight is 257 g/mol. The predicted octanol–water partition coefficient (Wildman–Crippen LogP) is 2.98. The highest BCUT2D eigenvalue weighted by molar-refractivity contribution is 5.06. The maximum absolute atomic E-state index is 6.17. The van der Waals surface area contributed by atoms with Crippen LogP contribution in [0.2, 0.25) is 0 Å². The monoisotopic (exact) mass is 257 g/mol. The Hall–Kier alpha value is -0.120. The Balaban J connectivity index is 2.54. The molecule has 0 radical (unpaired) electrons. The molecule has 1 saturated carbocycles. The summed E-state index contributed by atoms with van der Waals surface area (Å²) in [5, 5.41) is 3.69. The number of ether oxygens (including phenoxy) is 2. The third-order valence-electron chi connectivity index (χ3n) is 4.54. The molecular formula is C15H31NO2. The van der Waals surface area contributed by atoms with Gasteiger partial charge in [0.2, 0.25) is 0 Å². The highest BCUT2D eigenvalue weighted by atomic mass is 16.5. The Bertz CT molecular complexity index is 229. The molecule has 3 unspecified atom stereocenters. The van der Waals surface area contributed by atoms with Crippen LogP contribution in [-0.4, -0.2) is 38.5 Å². The van der Waals surface area contributed by atoms with Gasteiger partial charge in [-0.3, -0.25) is 0 Å². The molecule has 0 aromatic carbocycles. The Morgan fingerprint density at radius 1 is 1.28 bits per heavy atom. The van der Waals surface area contributed by atoms with Crippen LogP contribution in [0.4, 0.5) is 0 Å². The fourth-order valence-corrected chi connectivity index (χ4v) is 3.30. The standard InChI is InChI=1S/C15H31NO2/c1-6-9-16-13-10-14(15(13,7-2)8-3)18-12(4)11-17-5/h12-14,16H,6-11H2,1-5H3. The van der Waals surface area contributed by atoms with Crippen molar-refractivity contribution < 1.29 is 9.47 Å². The molecule has 1 aliphatic carbocycles. The van der Waals surface area contributed by atoms with Crippen molar-refractivity contribution in [1.82, 2.24) is 5.32 Å². The maximum atomic E-state index is 6.17. The van der Waals surface area contributed by atoms with E-state index >= 15 is 0 Å². The summed E-state index contributed by atoms with van der Waals surface area (Å²) in [5.74, 6) is 0. The number of methoxy groups -OCH3 is 1. The first kappa shape index (κ1) is 15.9. The van der Waals surface area contributed by atoms with Gasteiger partial charge in [0.1, 0.15) is 0 Å². The zero-order valence-corrected chi connectivity index (χ0v) is 12.8. The zero-order valence-electron chi connectivity index (χ0n) is 12.8. The van der Waals surface area contributed by atoms with Gasteiger partial charge in [0.25, 0.3) is 0 Å². The topological polar surface area (TPSA) is 30.5 Å². The van der Waals surface area contributed by atoms with Crippen LogP contribution in [0.5, 0.6) is 0 Å². The van der Waals surface area contributed by atoms with Crippen molar-refractivity contribution in [3.05, 3.63) is 0 Å². The molecule has 0 aromatic rings. The summed E-state index contributed by atoms with van der Waals surface area (Å²) in [6.07, 6.45) is 5.32. The molecule has 0 bridgehead atoms. The van der Waals surface area contributed by atoms with E-state index in [0.717, 1.165) is 13.0 Å². The van der Waals surface area contributed by atoms with Crippen LogP contribution < -0.4 is 5.32 Å². The van der Waals surface area contributed by atoms with Crippen molar-refractivity contribution in [2.45, 2.75) is 71.6 Å². The van der Waals surface area contributed by atoms with E-state index < -0.39 is 0 Å². The predicted molar refractivity (Wildman–Crippen MR) is 75.9 cm³/mol. The van der Waals surface area contributed by atoms with Crippen LogP contribution >= 0.6 is 0 Å². The van der Waals surface area contributed by atoms with Crippen molar-refractivity contribution in [3.63, 3.8) is 0 Å². The van der Waals surface area contributed by atoms with Crippen LogP contribution in [-0.2, 0) is 9.47 Å². The molecule has 0 aliphatic heterocycles. The Kier molecular flexibility index (Phi) is 6.61. The van der Waals surface area contributed by atoms with E-state index in [4.69, 9.17) is 9.47 Å². The molecule has 1 N–H and O–H groups in total. The highest BCUT2D eigenvalue weighted by Crippen LogP contribution is 2.49. The molecule has 3 atom stereocenters. The van der Waals surface area contributed by atoms with Gasteiger partial charge in [-0.15, -0.1) is 0 Å². The minimum Gasteiger partial charge on any atom is -0.382 e. The summed E-state index contributed by atoms with van der Waals surface area (Å²) in [5.41, 5.74) is 0.331. The lowest BCUT2D eigenvalue weighted by Crippen LogP contribution is -2.64. The Morgan fingerprint density at radius 3 is 2.44 bits per heavy atom. The molecule has 0 heterocycles. The van der Waals surface area contributed by atoms with E-state index in [9.17, 15) is 0 Å². The number of rotatable bonds is 9. The van der Waals surface area contributed by atoms with Crippen LogP contribution in [0.15, 0.2) is 0 Å². The van der Waals surface area contributed by atoms with Crippen LogP contribution in [0.25, 0.3) is 0 Å². The second-order valence-electron chi connectivity index (χ2n) is 5.57. The quantitative estimate of drug-likeness (QED) is 0.689. The van der Waals surface area contributed by atoms with Gasteiger partial charge in [-0.25, -0.2) is 0 Å². The average Bonchev–Trinajstić information content (AvgIpc) is 2.35. The van der Waals surface area contributed by atoms with Gasteiger partial charge in [-0.05, 0) is 39.2 Å². The third kappa shape index (κ3) is 3.25. The van der Waals surface area contributed by atoms with Gasteiger partial charge in [-0.1, -0.05) is 20.8 Å². The minimum atomic E-state index is 0.199. The van der Waals surface area contributed by atoms with Crippen LogP contribution in [0.1, 0.15) is 53.4 Å². The van der Waals surface area contributed by atoms with E-state index in [-0.39, 0.29) is 6.10 Å². The molecular weight excluding hydrogens is 226 g/mol. The van der Waals surface area contributed by atoms with Crippen molar-refractivity contribution >= 4 is 0 Å². The largest absolute Gasteiger partial charge is 0.382 e. The molecule has 0 spiro atoms. The molecule has 108 valence electrons. The summed E-state index contributed by atoms with van der Waals surface area (Å²) in [7, 11) is 1.74. The van der Waals surface area contributed by atoms with E-state index in [2.05, 4.69) is 33.0 Å². The third-order valence-corrected chi connectivity index (χ3v) is 4.54. The van der Waals surface area contributed by atoms with Crippen LogP contribution in [0.3, 0.4) is 0 Å². The molecule has 1 rings (SSSR count). The van der Waals surface area contributed by atoms with Gasteiger partial charge in [-0.2, -0.15) is 0 Å². The first-order valence-electron chi connectivity index (χ1n) is 7.52. The lowest BCUT2D eigenvalue weighted by molar-refractivity contribution is -0.171. The zero-order chi connectivity index (χ0) is 13.6. The van der Waals surface area contributed by atoms with Crippen molar-refractivity contribution in [1.29, 1.82) is 0 Å². The normalized spacial score (nSPS) is 27.8. The van der Waals surface area contributed by atoms with Crippen LogP contribution in [0, 0.1) is 5.41 Å². The molecule has 18 heavy (non-hydrogen) atoms. The number of nitrogens with one attached hydrogen (secondary N) is 1. The molecule has 0 aromatic heterocycles. The Labute approximate surface area is 113 Å². The van der Waals surface area contributed by atoms with Crippen molar-refractivity contribution in [2.75, 3.05) is 20.3 Å². The summed E-state index contributed by atoms with van der Waals surface area (Å²) in [6, 6.07) is 0.632. The fraction of sp³-hybridized carbons (Fsp3) is 1.00. The molecule has 0 saturated heterocycles. The summed E-state index contributed by atoms with van der Waals surface area (Å²) < 4.78 is 11.3. The lowest BCUT2D eigenvalue weighted by atomic mass is 9.58. The van der Waals surface area contributed by atoms with Crippen molar-refractivity contribution in [2.24, 2.45) is 5.41 Å². The first-order valence-corrected chi connectivity index (χ1v) is 7.52. The van der Waals surface area contributed by atoms with Gasteiger partial charge in [0.05, 0.1) is 18.8 Å². The highest BCUT2D eigenvalue weighted by Gasteiger charge is 2.53. The second-order valence-corrected chi connectivity index (χ2v) is 5.57. The molecule has 3 heteroatoms. The van der Waals surface area contributed by atoms with Gasteiger partial charge in [0, 0.05) is 18.6 Å². The van der Waals surface area contributed by atoms with Gasteiger partial charge >= 0.3 is 0 Å². The molecule has 3 nitrogen and oxygen atoms in total. The minimum absolute atomic E-state index is 0.199. The SMILES string of the molecule is CCCNC1CC(OC(C)COC)C1(CC)CC. The summed E-state index contributed by atoms with van der Waals surface area (Å²) >= 11 is 0. The van der Waals surface area contributed by atoms with E-state index in [1.165, 1.54) is 19.3 Å². The first-order chi connectivity index (χ1) is 8.64. The van der Waals surface area contributed by atoms with Gasteiger partial charge in [0.15, 0.2) is 0 Å².